The van der Waals surface area contributed by atoms with E-state index in [-0.39, 0.29) is 35.2 Å². The number of rotatable bonds is 8. The summed E-state index contributed by atoms with van der Waals surface area (Å²) in [6.07, 6.45) is 1.68. The SMILES string of the molecule is CC[C@](O)(COC)c1c(-c2ccc(C(=O)O)cc2)c2c(F)c3[nH]ncc3cc2n1-c1ccc(F)c(OC)c1. The Hall–Kier alpha value is -4.28. The molecule has 0 aliphatic heterocycles. The molecule has 0 amide bonds. The van der Waals surface area contributed by atoms with Crippen molar-refractivity contribution in [3.8, 4) is 22.6 Å². The van der Waals surface area contributed by atoms with Crippen LogP contribution >= 0.6 is 0 Å². The fraction of sp³-hybridized carbons (Fsp3) is 0.214. The average Bonchev–Trinajstić information content (AvgIpc) is 3.53. The van der Waals surface area contributed by atoms with Gasteiger partial charge in [0.25, 0.3) is 0 Å². The number of hydrogen-bond donors (Lipinski definition) is 3. The number of aromatic amines is 1. The predicted molar refractivity (Wildman–Crippen MR) is 138 cm³/mol. The van der Waals surface area contributed by atoms with Gasteiger partial charge in [-0.3, -0.25) is 5.10 Å². The van der Waals surface area contributed by atoms with Gasteiger partial charge in [-0.25, -0.2) is 13.6 Å². The van der Waals surface area contributed by atoms with Crippen LogP contribution in [-0.2, 0) is 10.3 Å². The minimum Gasteiger partial charge on any atom is -0.494 e. The first-order valence-electron chi connectivity index (χ1n) is 11.8. The van der Waals surface area contributed by atoms with E-state index in [2.05, 4.69) is 10.2 Å². The number of hydrogen-bond acceptors (Lipinski definition) is 5. The van der Waals surface area contributed by atoms with Crippen molar-refractivity contribution in [2.75, 3.05) is 20.8 Å². The van der Waals surface area contributed by atoms with Gasteiger partial charge < -0.3 is 24.3 Å². The number of nitrogens with zero attached hydrogens (tertiary/aromatic N) is 2. The Bertz CT molecular complexity index is 1680. The standard InChI is InChI=1S/C28H25F2N3O5/c1-4-28(36,14-37-2)26-22(15-5-7-16(8-6-15)27(34)35)23-20(11-17-13-31-32-25(17)24(23)30)33(26)18-9-10-19(29)21(12-18)38-3/h5-13,36H,4,14H2,1-3H3,(H,31,32)(H,34,35)/t28-/m0/s1. The molecule has 8 nitrogen and oxygen atoms in total. The molecule has 0 unspecified atom stereocenters. The summed E-state index contributed by atoms with van der Waals surface area (Å²) < 4.78 is 42.9. The third-order valence-electron chi connectivity index (χ3n) is 6.83. The Morgan fingerprint density at radius 2 is 1.87 bits per heavy atom. The van der Waals surface area contributed by atoms with Crippen molar-refractivity contribution < 1.29 is 33.3 Å². The number of H-pyrrole nitrogens is 1. The quantitative estimate of drug-likeness (QED) is 0.252. The molecule has 0 bridgehead atoms. The molecule has 10 heteroatoms. The third kappa shape index (κ3) is 3.89. The fourth-order valence-corrected chi connectivity index (χ4v) is 4.94. The number of aliphatic hydroxyl groups is 1. The van der Waals surface area contributed by atoms with E-state index >= 15 is 4.39 Å². The number of aromatic carboxylic acids is 1. The van der Waals surface area contributed by atoms with Gasteiger partial charge in [-0.1, -0.05) is 19.1 Å². The highest BCUT2D eigenvalue weighted by Gasteiger charge is 2.38. The summed E-state index contributed by atoms with van der Waals surface area (Å²) in [7, 11) is 2.79. The van der Waals surface area contributed by atoms with Gasteiger partial charge >= 0.3 is 5.97 Å². The monoisotopic (exact) mass is 521 g/mol. The number of aromatic nitrogens is 3. The van der Waals surface area contributed by atoms with Crippen molar-refractivity contribution in [2.24, 2.45) is 0 Å². The summed E-state index contributed by atoms with van der Waals surface area (Å²) in [4.78, 5) is 11.5. The summed E-state index contributed by atoms with van der Waals surface area (Å²) in [6.45, 7) is 1.65. The van der Waals surface area contributed by atoms with E-state index < -0.39 is 23.2 Å². The van der Waals surface area contributed by atoms with Gasteiger partial charge in [-0.15, -0.1) is 0 Å². The van der Waals surface area contributed by atoms with Crippen LogP contribution in [0.15, 0.2) is 54.7 Å². The van der Waals surface area contributed by atoms with Crippen LogP contribution in [0.3, 0.4) is 0 Å². The highest BCUT2D eigenvalue weighted by Crippen LogP contribution is 2.46. The smallest absolute Gasteiger partial charge is 0.335 e. The molecule has 0 aliphatic rings. The molecule has 196 valence electrons. The number of benzene rings is 3. The van der Waals surface area contributed by atoms with Crippen molar-refractivity contribution in [2.45, 2.75) is 18.9 Å². The van der Waals surface area contributed by atoms with Gasteiger partial charge in [0.05, 0.1) is 36.7 Å². The number of fused-ring (bicyclic) bond motifs is 2. The molecule has 0 fully saturated rings. The van der Waals surface area contributed by atoms with Crippen LogP contribution in [0.4, 0.5) is 8.78 Å². The summed E-state index contributed by atoms with van der Waals surface area (Å²) in [5, 5.41) is 28.7. The highest BCUT2D eigenvalue weighted by molar-refractivity contribution is 6.06. The molecule has 2 heterocycles. The first kappa shape index (κ1) is 25.4. The molecule has 3 aromatic carbocycles. The molecule has 0 saturated carbocycles. The molecule has 3 N–H and O–H groups in total. The van der Waals surface area contributed by atoms with E-state index in [0.29, 0.717) is 33.4 Å². The first-order valence-corrected chi connectivity index (χ1v) is 11.8. The molecule has 0 spiro atoms. The highest BCUT2D eigenvalue weighted by atomic mass is 19.1. The zero-order chi connectivity index (χ0) is 27.2. The van der Waals surface area contributed by atoms with Crippen LogP contribution in [0.2, 0.25) is 0 Å². The average molecular weight is 522 g/mol. The van der Waals surface area contributed by atoms with Crippen LogP contribution in [0.5, 0.6) is 5.75 Å². The Kier molecular flexibility index (Phi) is 6.38. The van der Waals surface area contributed by atoms with Crippen LogP contribution < -0.4 is 4.74 Å². The number of carboxylic acid groups (broad SMARTS) is 1. The lowest BCUT2D eigenvalue weighted by atomic mass is 9.89. The number of carbonyl (C=O) groups is 1. The zero-order valence-corrected chi connectivity index (χ0v) is 20.9. The molecule has 5 aromatic rings. The number of carboxylic acids is 1. The molecule has 38 heavy (non-hydrogen) atoms. The molecule has 2 aromatic heterocycles. The van der Waals surface area contributed by atoms with E-state index in [1.165, 1.54) is 50.7 Å². The Morgan fingerprint density at radius 3 is 2.50 bits per heavy atom. The van der Waals surface area contributed by atoms with Crippen LogP contribution in [0.1, 0.15) is 29.4 Å². The van der Waals surface area contributed by atoms with Gasteiger partial charge in [0, 0.05) is 35.2 Å². The minimum atomic E-state index is -1.62. The molecule has 0 saturated heterocycles. The molecular formula is C28H25F2N3O5. The topological polar surface area (TPSA) is 110 Å². The normalized spacial score (nSPS) is 13.2. The number of ether oxygens (including phenoxy) is 2. The predicted octanol–water partition coefficient (Wildman–Crippen LogP) is 5.40. The van der Waals surface area contributed by atoms with Crippen LogP contribution in [0.25, 0.3) is 38.6 Å². The third-order valence-corrected chi connectivity index (χ3v) is 6.83. The van der Waals surface area contributed by atoms with Crippen molar-refractivity contribution in [1.82, 2.24) is 14.8 Å². The van der Waals surface area contributed by atoms with Gasteiger partial charge in [-0.2, -0.15) is 5.10 Å². The van der Waals surface area contributed by atoms with Crippen molar-refractivity contribution >= 4 is 27.8 Å². The number of halogens is 2. The maximum Gasteiger partial charge on any atom is 0.335 e. The lowest BCUT2D eigenvalue weighted by Crippen LogP contribution is -2.33. The first-order chi connectivity index (χ1) is 18.2. The summed E-state index contributed by atoms with van der Waals surface area (Å²) in [6, 6.07) is 11.9. The summed E-state index contributed by atoms with van der Waals surface area (Å²) >= 11 is 0. The second-order valence-electron chi connectivity index (χ2n) is 9.00. The number of methoxy groups -OCH3 is 2. The van der Waals surface area contributed by atoms with Crippen molar-refractivity contribution in [3.05, 3.63) is 77.6 Å². The second-order valence-corrected chi connectivity index (χ2v) is 9.00. The lowest BCUT2D eigenvalue weighted by molar-refractivity contribution is -0.0422. The number of nitrogens with one attached hydrogen (secondary N) is 1. The molecule has 0 radical (unpaired) electrons. The Balaban J connectivity index is 2.00. The van der Waals surface area contributed by atoms with E-state index in [1.54, 1.807) is 29.7 Å². The van der Waals surface area contributed by atoms with E-state index in [1.807, 2.05) is 0 Å². The van der Waals surface area contributed by atoms with Crippen molar-refractivity contribution in [1.29, 1.82) is 0 Å². The maximum atomic E-state index is 16.3. The molecule has 0 aliphatic carbocycles. The molecular weight excluding hydrogens is 496 g/mol. The lowest BCUT2D eigenvalue weighted by Gasteiger charge is -2.30. The van der Waals surface area contributed by atoms with E-state index in [0.717, 1.165) is 0 Å². The minimum absolute atomic E-state index is 0.0284. The largest absolute Gasteiger partial charge is 0.494 e. The van der Waals surface area contributed by atoms with Crippen LogP contribution in [0, 0.1) is 11.6 Å². The van der Waals surface area contributed by atoms with Gasteiger partial charge in [0.2, 0.25) is 0 Å². The Labute approximate surface area is 216 Å². The Morgan fingerprint density at radius 1 is 1.13 bits per heavy atom. The van der Waals surface area contributed by atoms with E-state index in [4.69, 9.17) is 9.47 Å². The second kappa shape index (κ2) is 9.55. The summed E-state index contributed by atoms with van der Waals surface area (Å²) in [5.41, 5.74) is 0.540. The van der Waals surface area contributed by atoms with Gasteiger partial charge in [0.1, 0.15) is 11.1 Å². The molecule has 1 atom stereocenters. The molecule has 5 rings (SSSR count). The van der Waals surface area contributed by atoms with Gasteiger partial charge in [-0.05, 0) is 42.3 Å². The van der Waals surface area contributed by atoms with Crippen molar-refractivity contribution in [3.63, 3.8) is 0 Å². The fourth-order valence-electron chi connectivity index (χ4n) is 4.94. The van der Waals surface area contributed by atoms with Crippen LogP contribution in [-0.4, -0.2) is 51.8 Å². The van der Waals surface area contributed by atoms with E-state index in [9.17, 15) is 19.4 Å². The zero-order valence-electron chi connectivity index (χ0n) is 20.9. The van der Waals surface area contributed by atoms with Gasteiger partial charge in [0.15, 0.2) is 17.4 Å². The maximum absolute atomic E-state index is 16.3. The summed E-state index contributed by atoms with van der Waals surface area (Å²) in [5.74, 6) is -2.31.